The summed E-state index contributed by atoms with van der Waals surface area (Å²) in [5.41, 5.74) is 0. The third-order valence-electron chi connectivity index (χ3n) is 0.753. The number of Topliss-reactive ketones (excluding diaryl/α,β-unsaturated/α-hetero) is 1. The first-order valence-corrected chi connectivity index (χ1v) is 2.38. The highest BCUT2D eigenvalue weighted by Crippen LogP contribution is 1.82. The zero-order valence-electron chi connectivity index (χ0n) is 5.05. The van der Waals surface area contributed by atoms with Crippen molar-refractivity contribution in [3.63, 3.8) is 0 Å². The molecule has 0 aliphatic carbocycles. The summed E-state index contributed by atoms with van der Waals surface area (Å²) >= 11 is 0. The van der Waals surface area contributed by atoms with E-state index in [1.165, 1.54) is 14.0 Å². The molecule has 0 aliphatic rings. The summed E-state index contributed by atoms with van der Waals surface area (Å²) in [7, 11) is 1.42. The molecule has 0 heterocycles. The van der Waals surface area contributed by atoms with Gasteiger partial charge in [-0.05, 0) is 6.92 Å². The van der Waals surface area contributed by atoms with E-state index in [0.29, 0.717) is 0 Å². The third kappa shape index (κ3) is 2.71. The monoisotopic (exact) mass is 118 g/mol. The number of carbonyl (C=O) groups is 1. The first kappa shape index (κ1) is 7.59. The van der Waals surface area contributed by atoms with E-state index >= 15 is 0 Å². The van der Waals surface area contributed by atoms with Crippen LogP contribution in [0.4, 0.5) is 0 Å². The normalized spacial score (nSPS) is 13.4. The van der Waals surface area contributed by atoms with Gasteiger partial charge in [0.1, 0.15) is 12.7 Å². The van der Waals surface area contributed by atoms with E-state index < -0.39 is 6.10 Å². The minimum absolute atomic E-state index is 0.00231. The first-order chi connectivity index (χ1) is 3.68. The lowest BCUT2D eigenvalue weighted by atomic mass is 10.3. The lowest BCUT2D eigenvalue weighted by Gasteiger charge is -1.98. The second-order valence-electron chi connectivity index (χ2n) is 1.58. The van der Waals surface area contributed by atoms with Crippen molar-refractivity contribution in [3.05, 3.63) is 0 Å². The summed E-state index contributed by atoms with van der Waals surface area (Å²) in [6, 6.07) is 0. The summed E-state index contributed by atoms with van der Waals surface area (Å²) in [6.45, 7) is 1.42. The van der Waals surface area contributed by atoms with Crippen molar-refractivity contribution in [2.45, 2.75) is 13.0 Å². The van der Waals surface area contributed by atoms with Gasteiger partial charge in [0.25, 0.3) is 0 Å². The Balaban J connectivity index is 3.33. The molecular weight excluding hydrogens is 108 g/mol. The van der Waals surface area contributed by atoms with Crippen LogP contribution in [0.2, 0.25) is 0 Å². The fraction of sp³-hybridized carbons (Fsp3) is 0.800. The van der Waals surface area contributed by atoms with Crippen LogP contribution in [-0.4, -0.2) is 30.7 Å². The molecule has 0 aromatic carbocycles. The number of hydrogen-bond donors (Lipinski definition) is 1. The number of carbonyl (C=O) groups excluding carboxylic acids is 1. The van der Waals surface area contributed by atoms with Crippen molar-refractivity contribution in [3.8, 4) is 0 Å². The quantitative estimate of drug-likeness (QED) is 0.547. The largest absolute Gasteiger partial charge is 0.386 e. The van der Waals surface area contributed by atoms with Crippen molar-refractivity contribution in [1.29, 1.82) is 0 Å². The fourth-order valence-corrected chi connectivity index (χ4v) is 0.263. The molecule has 1 unspecified atom stereocenters. The van der Waals surface area contributed by atoms with Gasteiger partial charge in [-0.3, -0.25) is 4.79 Å². The first-order valence-electron chi connectivity index (χ1n) is 2.38. The summed E-state index contributed by atoms with van der Waals surface area (Å²) in [6.07, 6.45) is -0.894. The summed E-state index contributed by atoms with van der Waals surface area (Å²) in [4.78, 5) is 10.4. The lowest BCUT2D eigenvalue weighted by Crippen LogP contribution is -2.20. The average Bonchev–Trinajstić information content (AvgIpc) is 1.67. The van der Waals surface area contributed by atoms with Crippen LogP contribution in [0.5, 0.6) is 0 Å². The Bertz CT molecular complexity index is 77.7. The molecule has 48 valence electrons. The molecule has 1 atom stereocenters. The van der Waals surface area contributed by atoms with Crippen molar-refractivity contribution in [2.24, 2.45) is 0 Å². The van der Waals surface area contributed by atoms with Crippen LogP contribution in [0.25, 0.3) is 0 Å². The minimum atomic E-state index is -0.894. The molecule has 0 amide bonds. The van der Waals surface area contributed by atoms with Gasteiger partial charge in [-0.2, -0.15) is 0 Å². The van der Waals surface area contributed by atoms with Gasteiger partial charge < -0.3 is 9.84 Å². The maximum Gasteiger partial charge on any atom is 0.186 e. The molecule has 0 fully saturated rings. The van der Waals surface area contributed by atoms with E-state index in [0.717, 1.165) is 0 Å². The average molecular weight is 118 g/mol. The van der Waals surface area contributed by atoms with Crippen LogP contribution in [0, 0.1) is 0 Å². The number of aliphatic hydroxyl groups is 1. The molecule has 1 N–H and O–H groups in total. The zero-order chi connectivity index (χ0) is 6.57. The predicted molar refractivity (Wildman–Crippen MR) is 28.6 cm³/mol. The number of aliphatic hydroxyl groups excluding tert-OH is 1. The second kappa shape index (κ2) is 3.57. The van der Waals surface area contributed by atoms with Crippen LogP contribution in [-0.2, 0) is 9.53 Å². The van der Waals surface area contributed by atoms with E-state index in [4.69, 9.17) is 5.11 Å². The van der Waals surface area contributed by atoms with Crippen LogP contribution >= 0.6 is 0 Å². The molecule has 3 nitrogen and oxygen atoms in total. The van der Waals surface area contributed by atoms with Gasteiger partial charge in [-0.1, -0.05) is 0 Å². The van der Waals surface area contributed by atoms with Gasteiger partial charge in [0.2, 0.25) is 0 Å². The maximum absolute atomic E-state index is 10.4. The van der Waals surface area contributed by atoms with Crippen LogP contribution in [0.1, 0.15) is 6.92 Å². The highest BCUT2D eigenvalue weighted by atomic mass is 16.5. The smallest absolute Gasteiger partial charge is 0.186 e. The number of ether oxygens (including phenoxy) is 1. The van der Waals surface area contributed by atoms with E-state index in [-0.39, 0.29) is 12.4 Å². The van der Waals surface area contributed by atoms with Crippen molar-refractivity contribution >= 4 is 5.78 Å². The van der Waals surface area contributed by atoms with Crippen LogP contribution in [0.15, 0.2) is 0 Å². The van der Waals surface area contributed by atoms with E-state index in [1.807, 2.05) is 0 Å². The molecule has 0 saturated carbocycles. The zero-order valence-corrected chi connectivity index (χ0v) is 5.05. The molecule has 3 heteroatoms. The van der Waals surface area contributed by atoms with Crippen molar-refractivity contribution in [1.82, 2.24) is 0 Å². The van der Waals surface area contributed by atoms with Crippen molar-refractivity contribution in [2.75, 3.05) is 13.7 Å². The van der Waals surface area contributed by atoms with Crippen molar-refractivity contribution < 1.29 is 14.6 Å². The Morgan fingerprint density at radius 2 is 2.38 bits per heavy atom. The van der Waals surface area contributed by atoms with Gasteiger partial charge >= 0.3 is 0 Å². The van der Waals surface area contributed by atoms with Gasteiger partial charge in [-0.25, -0.2) is 0 Å². The SMILES string of the molecule is COCC(=O)C(C)O. The molecular formula is C5H10O3. The summed E-state index contributed by atoms with van der Waals surface area (Å²) in [5.74, 6) is -0.285. The molecule has 0 aromatic heterocycles. The minimum Gasteiger partial charge on any atom is -0.386 e. The fourth-order valence-electron chi connectivity index (χ4n) is 0.263. The molecule has 0 aromatic rings. The molecule has 0 aliphatic heterocycles. The van der Waals surface area contributed by atoms with E-state index in [1.54, 1.807) is 0 Å². The van der Waals surface area contributed by atoms with Gasteiger partial charge in [-0.15, -0.1) is 0 Å². The van der Waals surface area contributed by atoms with Crippen LogP contribution < -0.4 is 0 Å². The topological polar surface area (TPSA) is 46.5 Å². The van der Waals surface area contributed by atoms with Gasteiger partial charge in [0.15, 0.2) is 5.78 Å². The number of ketones is 1. The Morgan fingerprint density at radius 1 is 1.88 bits per heavy atom. The standard InChI is InChI=1S/C5H10O3/c1-4(6)5(7)3-8-2/h4,6H,3H2,1-2H3. The predicted octanol–water partition coefficient (Wildman–Crippen LogP) is -0.417. The molecule has 8 heavy (non-hydrogen) atoms. The Labute approximate surface area is 48.3 Å². The van der Waals surface area contributed by atoms with Crippen LogP contribution in [0.3, 0.4) is 0 Å². The number of methoxy groups -OCH3 is 1. The van der Waals surface area contributed by atoms with Gasteiger partial charge in [0, 0.05) is 7.11 Å². The number of rotatable bonds is 3. The molecule has 0 bridgehead atoms. The molecule has 0 spiro atoms. The maximum atomic E-state index is 10.4. The number of hydrogen-bond acceptors (Lipinski definition) is 3. The second-order valence-corrected chi connectivity index (χ2v) is 1.58. The Hall–Kier alpha value is -0.410. The highest BCUT2D eigenvalue weighted by Gasteiger charge is 2.06. The molecule has 0 rings (SSSR count). The highest BCUT2D eigenvalue weighted by molar-refractivity contribution is 5.83. The molecule has 0 radical (unpaired) electrons. The Kier molecular flexibility index (Phi) is 3.39. The van der Waals surface area contributed by atoms with Gasteiger partial charge in [0.05, 0.1) is 0 Å². The van der Waals surface area contributed by atoms with E-state index in [2.05, 4.69) is 4.74 Å². The Morgan fingerprint density at radius 3 is 2.50 bits per heavy atom. The third-order valence-corrected chi connectivity index (χ3v) is 0.753. The summed E-state index contributed by atoms with van der Waals surface area (Å²) < 4.78 is 4.46. The lowest BCUT2D eigenvalue weighted by molar-refractivity contribution is -0.129. The molecule has 0 saturated heterocycles. The summed E-state index contributed by atoms with van der Waals surface area (Å²) in [5, 5.41) is 8.52. The van der Waals surface area contributed by atoms with E-state index in [9.17, 15) is 4.79 Å².